The Morgan fingerprint density at radius 2 is 2.23 bits per heavy atom. The molecule has 1 aliphatic heterocycles. The van der Waals surface area contributed by atoms with E-state index in [9.17, 15) is 4.79 Å². The highest BCUT2D eigenvalue weighted by molar-refractivity contribution is 6.30. The largest absolute Gasteiger partial charge is 0.376 e. The lowest BCUT2D eigenvalue weighted by molar-refractivity contribution is -0.122. The number of fused-ring (bicyclic) bond motifs is 1. The molecule has 6 heteroatoms. The number of nitrogens with one attached hydrogen (secondary N) is 1. The molecule has 1 aliphatic rings. The number of halogens is 1. The fourth-order valence-electron chi connectivity index (χ4n) is 2.53. The van der Waals surface area contributed by atoms with E-state index in [0.717, 1.165) is 23.2 Å². The molecular formula is C16H18ClN3O2. The van der Waals surface area contributed by atoms with Gasteiger partial charge in [-0.1, -0.05) is 23.7 Å². The van der Waals surface area contributed by atoms with E-state index in [1.54, 1.807) is 4.68 Å². The lowest BCUT2D eigenvalue weighted by atomic mass is 10.1. The molecule has 2 heterocycles. The summed E-state index contributed by atoms with van der Waals surface area (Å²) in [5, 5.41) is 8.10. The molecule has 2 aromatic rings. The molecule has 0 bridgehead atoms. The van der Waals surface area contributed by atoms with Crippen LogP contribution in [0.4, 0.5) is 0 Å². The van der Waals surface area contributed by atoms with Crippen LogP contribution in [0.2, 0.25) is 5.02 Å². The van der Waals surface area contributed by atoms with Crippen LogP contribution in [-0.2, 0) is 29.1 Å². The number of rotatable bonds is 4. The van der Waals surface area contributed by atoms with Crippen molar-refractivity contribution >= 4 is 17.5 Å². The van der Waals surface area contributed by atoms with Crippen LogP contribution < -0.4 is 5.32 Å². The van der Waals surface area contributed by atoms with Crippen molar-refractivity contribution in [3.8, 4) is 0 Å². The molecule has 1 aromatic heterocycles. The second kappa shape index (κ2) is 6.50. The first-order valence-corrected chi connectivity index (χ1v) is 7.67. The minimum atomic E-state index is -0.0710. The first-order chi connectivity index (χ1) is 10.6. The predicted molar refractivity (Wildman–Crippen MR) is 83.6 cm³/mol. The standard InChI is InChI=1S/C16H18ClN3O2/c1-11(12-2-4-14(17)5-3-12)18-16(21)9-20-8-13-10-22-7-6-15(13)19-20/h2-5,8,11H,6-7,9-10H2,1H3,(H,18,21). The Balaban J connectivity index is 1.60. The first kappa shape index (κ1) is 15.1. The number of benzene rings is 1. The Bertz CT molecular complexity index is 643. The van der Waals surface area contributed by atoms with Crippen molar-refractivity contribution in [2.75, 3.05) is 6.61 Å². The number of hydrogen-bond donors (Lipinski definition) is 1. The van der Waals surface area contributed by atoms with Crippen LogP contribution in [0.5, 0.6) is 0 Å². The maximum atomic E-state index is 12.1. The normalized spacial score (nSPS) is 15.2. The van der Waals surface area contributed by atoms with E-state index in [4.69, 9.17) is 16.3 Å². The van der Waals surface area contributed by atoms with E-state index in [2.05, 4.69) is 10.4 Å². The van der Waals surface area contributed by atoms with Gasteiger partial charge in [-0.2, -0.15) is 5.10 Å². The summed E-state index contributed by atoms with van der Waals surface area (Å²) in [5.41, 5.74) is 3.13. The highest BCUT2D eigenvalue weighted by Crippen LogP contribution is 2.17. The van der Waals surface area contributed by atoms with Gasteiger partial charge in [0.15, 0.2) is 0 Å². The van der Waals surface area contributed by atoms with Crippen molar-refractivity contribution in [3.63, 3.8) is 0 Å². The molecule has 0 fully saturated rings. The van der Waals surface area contributed by atoms with Gasteiger partial charge in [-0.25, -0.2) is 0 Å². The van der Waals surface area contributed by atoms with Gasteiger partial charge in [-0.15, -0.1) is 0 Å². The summed E-state index contributed by atoms with van der Waals surface area (Å²) in [7, 11) is 0. The smallest absolute Gasteiger partial charge is 0.242 e. The molecule has 0 saturated heterocycles. The van der Waals surface area contributed by atoms with Gasteiger partial charge in [0.2, 0.25) is 5.91 Å². The van der Waals surface area contributed by atoms with E-state index >= 15 is 0 Å². The van der Waals surface area contributed by atoms with Gasteiger partial charge in [0, 0.05) is 23.2 Å². The third kappa shape index (κ3) is 3.48. The zero-order chi connectivity index (χ0) is 15.5. The zero-order valence-electron chi connectivity index (χ0n) is 12.4. The van der Waals surface area contributed by atoms with Crippen molar-refractivity contribution < 1.29 is 9.53 Å². The summed E-state index contributed by atoms with van der Waals surface area (Å²) in [6.07, 6.45) is 2.70. The molecule has 0 radical (unpaired) electrons. The van der Waals surface area contributed by atoms with Crippen molar-refractivity contribution in [1.82, 2.24) is 15.1 Å². The summed E-state index contributed by atoms with van der Waals surface area (Å²) in [5.74, 6) is -0.0665. The highest BCUT2D eigenvalue weighted by Gasteiger charge is 2.16. The van der Waals surface area contributed by atoms with Crippen LogP contribution >= 0.6 is 11.6 Å². The van der Waals surface area contributed by atoms with Gasteiger partial charge in [-0.05, 0) is 24.6 Å². The molecule has 3 rings (SSSR count). The number of ether oxygens (including phenoxy) is 1. The highest BCUT2D eigenvalue weighted by atomic mass is 35.5. The minimum absolute atomic E-state index is 0.0665. The number of carbonyl (C=O) groups excluding carboxylic acids is 1. The topological polar surface area (TPSA) is 56.2 Å². The number of amides is 1. The average Bonchev–Trinajstić information content (AvgIpc) is 2.89. The number of carbonyl (C=O) groups is 1. The van der Waals surface area contributed by atoms with Crippen molar-refractivity contribution in [3.05, 3.63) is 52.3 Å². The van der Waals surface area contributed by atoms with Crippen molar-refractivity contribution in [2.45, 2.75) is 32.5 Å². The fraction of sp³-hybridized carbons (Fsp3) is 0.375. The van der Waals surface area contributed by atoms with Crippen molar-refractivity contribution in [2.24, 2.45) is 0 Å². The Morgan fingerprint density at radius 3 is 2.95 bits per heavy atom. The number of aromatic nitrogens is 2. The molecule has 1 N–H and O–H groups in total. The second-order valence-corrected chi connectivity index (χ2v) is 5.88. The number of hydrogen-bond acceptors (Lipinski definition) is 3. The maximum Gasteiger partial charge on any atom is 0.242 e. The summed E-state index contributed by atoms with van der Waals surface area (Å²) in [4.78, 5) is 12.1. The summed E-state index contributed by atoms with van der Waals surface area (Å²) >= 11 is 5.87. The molecule has 1 atom stereocenters. The average molecular weight is 320 g/mol. The van der Waals surface area contributed by atoms with E-state index in [1.165, 1.54) is 0 Å². The lowest BCUT2D eigenvalue weighted by Gasteiger charge is -2.14. The molecule has 1 aromatic carbocycles. The van der Waals surface area contributed by atoms with E-state index in [0.29, 0.717) is 18.2 Å². The molecule has 1 unspecified atom stereocenters. The zero-order valence-corrected chi connectivity index (χ0v) is 13.1. The van der Waals surface area contributed by atoms with Crippen molar-refractivity contribution in [1.29, 1.82) is 0 Å². The Morgan fingerprint density at radius 1 is 1.45 bits per heavy atom. The van der Waals surface area contributed by atoms with Gasteiger partial charge in [0.1, 0.15) is 6.54 Å². The second-order valence-electron chi connectivity index (χ2n) is 5.44. The quantitative estimate of drug-likeness (QED) is 0.942. The van der Waals surface area contributed by atoms with E-state index in [-0.39, 0.29) is 18.5 Å². The molecular weight excluding hydrogens is 302 g/mol. The fourth-order valence-corrected chi connectivity index (χ4v) is 2.66. The Labute approximate surface area is 134 Å². The van der Waals surface area contributed by atoms with Crippen LogP contribution in [0.15, 0.2) is 30.5 Å². The SMILES string of the molecule is CC(NC(=O)Cn1cc2c(n1)CCOC2)c1ccc(Cl)cc1. The third-order valence-electron chi connectivity index (χ3n) is 3.72. The molecule has 116 valence electrons. The van der Waals surface area contributed by atoms with Crippen LogP contribution in [-0.4, -0.2) is 22.3 Å². The van der Waals surface area contributed by atoms with Gasteiger partial charge >= 0.3 is 0 Å². The van der Waals surface area contributed by atoms with Crippen LogP contribution in [0.1, 0.15) is 29.8 Å². The predicted octanol–water partition coefficient (Wildman–Crippen LogP) is 2.49. The molecule has 1 amide bonds. The van der Waals surface area contributed by atoms with Crippen LogP contribution in [0.25, 0.3) is 0 Å². The third-order valence-corrected chi connectivity index (χ3v) is 3.97. The van der Waals surface area contributed by atoms with Gasteiger partial charge < -0.3 is 10.1 Å². The van der Waals surface area contributed by atoms with E-state index in [1.807, 2.05) is 37.4 Å². The molecule has 5 nitrogen and oxygen atoms in total. The molecule has 0 spiro atoms. The van der Waals surface area contributed by atoms with Gasteiger partial charge in [0.25, 0.3) is 0 Å². The maximum absolute atomic E-state index is 12.1. The molecule has 0 aliphatic carbocycles. The van der Waals surface area contributed by atoms with Gasteiger partial charge in [-0.3, -0.25) is 9.48 Å². The van der Waals surface area contributed by atoms with E-state index < -0.39 is 0 Å². The van der Waals surface area contributed by atoms with Gasteiger partial charge in [0.05, 0.1) is 24.9 Å². The monoisotopic (exact) mass is 319 g/mol. The summed E-state index contributed by atoms with van der Waals surface area (Å²) < 4.78 is 7.07. The summed E-state index contributed by atoms with van der Waals surface area (Å²) in [6, 6.07) is 7.40. The molecule has 22 heavy (non-hydrogen) atoms. The molecule has 0 saturated carbocycles. The first-order valence-electron chi connectivity index (χ1n) is 7.29. The lowest BCUT2D eigenvalue weighted by Crippen LogP contribution is -2.30. The number of nitrogens with zero attached hydrogens (tertiary/aromatic N) is 2. The summed E-state index contributed by atoms with van der Waals surface area (Å²) in [6.45, 7) is 3.44. The Kier molecular flexibility index (Phi) is 4.45. The van der Waals surface area contributed by atoms with Crippen LogP contribution in [0.3, 0.4) is 0 Å². The Hall–Kier alpha value is -1.85. The minimum Gasteiger partial charge on any atom is -0.376 e. The van der Waals surface area contributed by atoms with Crippen LogP contribution in [0, 0.1) is 0 Å².